The number of benzene rings is 2. The highest BCUT2D eigenvalue weighted by atomic mass is 32.1. The molecular formula is C20H20N6S. The largest absolute Gasteiger partial charge is 0.375 e. The lowest BCUT2D eigenvalue weighted by atomic mass is 10.0. The van der Waals surface area contributed by atoms with Gasteiger partial charge in [0.2, 0.25) is 0 Å². The Kier molecular flexibility index (Phi) is 4.45. The monoisotopic (exact) mass is 376 g/mol. The Morgan fingerprint density at radius 3 is 2.44 bits per heavy atom. The fourth-order valence-corrected chi connectivity index (χ4v) is 3.49. The van der Waals surface area contributed by atoms with E-state index >= 15 is 0 Å². The Morgan fingerprint density at radius 2 is 1.78 bits per heavy atom. The van der Waals surface area contributed by atoms with Gasteiger partial charge in [0.15, 0.2) is 5.11 Å². The van der Waals surface area contributed by atoms with Gasteiger partial charge in [0.25, 0.3) is 0 Å². The van der Waals surface area contributed by atoms with Crippen LogP contribution in [0.4, 0.5) is 0 Å². The minimum Gasteiger partial charge on any atom is -0.375 e. The molecule has 0 saturated heterocycles. The van der Waals surface area contributed by atoms with E-state index < -0.39 is 0 Å². The van der Waals surface area contributed by atoms with Gasteiger partial charge >= 0.3 is 0 Å². The normalized spacial score (nSPS) is 16.4. The van der Waals surface area contributed by atoms with Crippen LogP contribution in [0.2, 0.25) is 0 Å². The smallest absolute Gasteiger partial charge is 0.187 e. The van der Waals surface area contributed by atoms with Crippen molar-refractivity contribution in [3.8, 4) is 5.69 Å². The zero-order valence-corrected chi connectivity index (χ0v) is 16.0. The Morgan fingerprint density at radius 1 is 1.07 bits per heavy atom. The minimum atomic E-state index is -0.0253. The number of aryl methyl sites for hydroxylation is 1. The number of hydrogen-bond donors (Lipinski definition) is 1. The Bertz CT molecular complexity index is 1010. The number of hydrazone groups is 1. The first kappa shape index (κ1) is 17.4. The van der Waals surface area contributed by atoms with E-state index in [1.807, 2.05) is 41.9 Å². The van der Waals surface area contributed by atoms with Crippen molar-refractivity contribution in [3.63, 3.8) is 0 Å². The molecule has 2 N–H and O–H groups in total. The molecule has 0 aliphatic carbocycles. The zero-order chi connectivity index (χ0) is 19.0. The fraction of sp³-hybridized carbons (Fsp3) is 0.200. The van der Waals surface area contributed by atoms with Gasteiger partial charge in [-0.15, -0.1) is 5.10 Å². The third-order valence-electron chi connectivity index (χ3n) is 4.77. The molecule has 6 nitrogen and oxygen atoms in total. The van der Waals surface area contributed by atoms with Crippen molar-refractivity contribution < 1.29 is 0 Å². The average Bonchev–Trinajstić information content (AvgIpc) is 3.27. The maximum Gasteiger partial charge on any atom is 0.187 e. The summed E-state index contributed by atoms with van der Waals surface area (Å²) in [5.74, 6) is 0. The molecule has 1 aromatic heterocycles. The lowest BCUT2D eigenvalue weighted by Crippen LogP contribution is -2.31. The highest BCUT2D eigenvalue weighted by Gasteiger charge is 2.32. The van der Waals surface area contributed by atoms with Crippen LogP contribution in [0.5, 0.6) is 0 Å². The van der Waals surface area contributed by atoms with Crippen molar-refractivity contribution in [2.45, 2.75) is 26.3 Å². The predicted molar refractivity (Wildman–Crippen MR) is 110 cm³/mol. The summed E-state index contributed by atoms with van der Waals surface area (Å²) in [5.41, 5.74) is 11.8. The lowest BCUT2D eigenvalue weighted by Gasteiger charge is -2.21. The van der Waals surface area contributed by atoms with Crippen LogP contribution in [-0.4, -0.2) is 30.8 Å². The van der Waals surface area contributed by atoms with Crippen molar-refractivity contribution >= 4 is 23.0 Å². The maximum absolute atomic E-state index is 5.92. The Balaban J connectivity index is 1.69. The molecule has 0 saturated carbocycles. The zero-order valence-electron chi connectivity index (χ0n) is 15.2. The topological polar surface area (TPSA) is 72.3 Å². The number of rotatable bonds is 3. The van der Waals surface area contributed by atoms with E-state index in [1.54, 1.807) is 5.01 Å². The molecule has 7 heteroatoms. The molecule has 0 spiro atoms. The third kappa shape index (κ3) is 3.21. The number of nitrogens with zero attached hydrogens (tertiary/aromatic N) is 5. The van der Waals surface area contributed by atoms with Crippen LogP contribution >= 0.6 is 12.2 Å². The van der Waals surface area contributed by atoms with E-state index in [4.69, 9.17) is 18.0 Å². The van der Waals surface area contributed by atoms with Gasteiger partial charge in [-0.3, -0.25) is 0 Å². The van der Waals surface area contributed by atoms with Gasteiger partial charge in [0, 0.05) is 6.42 Å². The standard InChI is InChI=1S/C20H20N6S/c1-13-8-10-16(11-9-13)25-14(2)19(22-24-25)17-12-18(26(23-17)20(21)27)15-6-4-3-5-7-15/h3-11,18H,12H2,1-2H3,(H2,21,27)/t18-/m1/s1. The van der Waals surface area contributed by atoms with Gasteiger partial charge in [-0.05, 0) is 43.8 Å². The second-order valence-corrected chi connectivity index (χ2v) is 7.05. The van der Waals surface area contributed by atoms with E-state index in [9.17, 15) is 0 Å². The van der Waals surface area contributed by atoms with Crippen molar-refractivity contribution in [3.05, 3.63) is 77.1 Å². The maximum atomic E-state index is 5.92. The van der Waals surface area contributed by atoms with E-state index in [0.29, 0.717) is 6.42 Å². The summed E-state index contributed by atoms with van der Waals surface area (Å²) >= 11 is 5.22. The van der Waals surface area contributed by atoms with Gasteiger partial charge in [-0.25, -0.2) is 9.69 Å². The SMILES string of the molecule is Cc1ccc(-n2nnc(C3=NN(C(N)=S)[C@@H](c4ccccc4)C3)c2C)cc1. The minimum absolute atomic E-state index is 0.0253. The molecule has 2 heterocycles. The van der Waals surface area contributed by atoms with Crippen LogP contribution in [0.15, 0.2) is 59.7 Å². The molecule has 27 heavy (non-hydrogen) atoms. The van der Waals surface area contributed by atoms with Crippen molar-refractivity contribution in [1.82, 2.24) is 20.0 Å². The summed E-state index contributed by atoms with van der Waals surface area (Å²) in [6.45, 7) is 4.06. The van der Waals surface area contributed by atoms with Crippen LogP contribution in [0.3, 0.4) is 0 Å². The third-order valence-corrected chi connectivity index (χ3v) is 4.95. The van der Waals surface area contributed by atoms with Crippen molar-refractivity contribution in [2.75, 3.05) is 0 Å². The van der Waals surface area contributed by atoms with Crippen molar-refractivity contribution in [1.29, 1.82) is 0 Å². The summed E-state index contributed by atoms with van der Waals surface area (Å²) < 4.78 is 1.83. The highest BCUT2D eigenvalue weighted by molar-refractivity contribution is 7.80. The lowest BCUT2D eigenvalue weighted by molar-refractivity contribution is 0.373. The second kappa shape index (κ2) is 6.92. The molecule has 136 valence electrons. The Labute approximate surface area is 163 Å². The summed E-state index contributed by atoms with van der Waals surface area (Å²) in [6, 6.07) is 18.3. The second-order valence-electron chi connectivity index (χ2n) is 6.63. The van der Waals surface area contributed by atoms with Gasteiger partial charge in [0.1, 0.15) is 5.69 Å². The van der Waals surface area contributed by atoms with Crippen LogP contribution in [0, 0.1) is 13.8 Å². The molecule has 0 fully saturated rings. The first-order chi connectivity index (χ1) is 13.0. The highest BCUT2D eigenvalue weighted by Crippen LogP contribution is 2.32. The molecule has 1 aliphatic heterocycles. The van der Waals surface area contributed by atoms with Gasteiger partial charge < -0.3 is 5.73 Å². The van der Waals surface area contributed by atoms with E-state index in [0.717, 1.165) is 28.4 Å². The molecule has 0 amide bonds. The number of thiocarbonyl (C=S) groups is 1. The Hall–Kier alpha value is -3.06. The average molecular weight is 376 g/mol. The van der Waals surface area contributed by atoms with Gasteiger partial charge in [-0.2, -0.15) is 5.10 Å². The molecule has 4 rings (SSSR count). The molecule has 0 bridgehead atoms. The van der Waals surface area contributed by atoms with E-state index in [-0.39, 0.29) is 11.2 Å². The fourth-order valence-electron chi connectivity index (χ4n) is 3.32. The van der Waals surface area contributed by atoms with Gasteiger partial charge in [-0.1, -0.05) is 53.2 Å². The first-order valence-electron chi connectivity index (χ1n) is 8.75. The molecular weight excluding hydrogens is 356 g/mol. The molecule has 1 atom stereocenters. The van der Waals surface area contributed by atoms with Gasteiger partial charge in [0.05, 0.1) is 23.1 Å². The number of nitrogens with two attached hydrogens (primary N) is 1. The van der Waals surface area contributed by atoms with Crippen LogP contribution < -0.4 is 5.73 Å². The molecule has 0 unspecified atom stereocenters. The number of aromatic nitrogens is 3. The molecule has 1 aliphatic rings. The van der Waals surface area contributed by atoms with Crippen molar-refractivity contribution in [2.24, 2.45) is 10.8 Å². The van der Waals surface area contributed by atoms with Crippen LogP contribution in [-0.2, 0) is 0 Å². The quantitative estimate of drug-likeness (QED) is 0.710. The molecule has 0 radical (unpaired) electrons. The number of hydrogen-bond acceptors (Lipinski definition) is 4. The molecule has 3 aromatic rings. The van der Waals surface area contributed by atoms with Crippen LogP contribution in [0.1, 0.15) is 35.0 Å². The predicted octanol–water partition coefficient (Wildman–Crippen LogP) is 3.28. The first-order valence-corrected chi connectivity index (χ1v) is 9.16. The summed E-state index contributed by atoms with van der Waals surface area (Å²) in [6.07, 6.45) is 0.675. The molecule has 2 aromatic carbocycles. The van der Waals surface area contributed by atoms with E-state index in [1.165, 1.54) is 5.56 Å². The summed E-state index contributed by atoms with van der Waals surface area (Å²) in [7, 11) is 0. The van der Waals surface area contributed by atoms with E-state index in [2.05, 4.69) is 46.6 Å². The van der Waals surface area contributed by atoms with Crippen LogP contribution in [0.25, 0.3) is 5.69 Å². The summed E-state index contributed by atoms with van der Waals surface area (Å²) in [5, 5.41) is 15.3. The summed E-state index contributed by atoms with van der Waals surface area (Å²) in [4.78, 5) is 0.